The van der Waals surface area contributed by atoms with Crippen LogP contribution in [0, 0.1) is 12.7 Å². The van der Waals surface area contributed by atoms with E-state index in [0.717, 1.165) is 6.07 Å². The third-order valence-corrected chi connectivity index (χ3v) is 3.71. The second kappa shape index (κ2) is 7.61. The molecule has 0 aliphatic carbocycles. The van der Waals surface area contributed by atoms with Gasteiger partial charge in [-0.15, -0.1) is 0 Å². The SMILES string of the molecule is CCc1[nH]c(C(=O)NNC(=O)c2ccccc2F)c(C)c1C(=O)OC. The molecule has 1 aromatic carbocycles. The van der Waals surface area contributed by atoms with Gasteiger partial charge >= 0.3 is 5.97 Å². The van der Waals surface area contributed by atoms with Crippen LogP contribution in [0.15, 0.2) is 24.3 Å². The number of amides is 2. The Morgan fingerprint density at radius 3 is 2.40 bits per heavy atom. The van der Waals surface area contributed by atoms with Gasteiger partial charge < -0.3 is 9.72 Å². The van der Waals surface area contributed by atoms with Crippen molar-refractivity contribution in [3.05, 3.63) is 58.2 Å². The van der Waals surface area contributed by atoms with Crippen LogP contribution < -0.4 is 10.9 Å². The highest BCUT2D eigenvalue weighted by atomic mass is 19.1. The van der Waals surface area contributed by atoms with Crippen LogP contribution in [0.5, 0.6) is 0 Å². The predicted octanol–water partition coefficient (Wildman–Crippen LogP) is 1.89. The zero-order valence-corrected chi connectivity index (χ0v) is 14.0. The van der Waals surface area contributed by atoms with Crippen LogP contribution in [0.3, 0.4) is 0 Å². The number of ether oxygens (including phenoxy) is 1. The van der Waals surface area contributed by atoms with Gasteiger partial charge in [-0.05, 0) is 31.0 Å². The van der Waals surface area contributed by atoms with Gasteiger partial charge in [-0.25, -0.2) is 9.18 Å². The van der Waals surface area contributed by atoms with Crippen LogP contribution in [-0.2, 0) is 11.2 Å². The van der Waals surface area contributed by atoms with Crippen molar-refractivity contribution in [2.45, 2.75) is 20.3 Å². The van der Waals surface area contributed by atoms with Gasteiger partial charge in [0.25, 0.3) is 11.8 Å². The van der Waals surface area contributed by atoms with E-state index in [1.54, 1.807) is 6.92 Å². The van der Waals surface area contributed by atoms with E-state index in [2.05, 4.69) is 15.8 Å². The van der Waals surface area contributed by atoms with E-state index in [4.69, 9.17) is 4.74 Å². The molecule has 1 heterocycles. The lowest BCUT2D eigenvalue weighted by atomic mass is 10.1. The molecule has 0 radical (unpaired) electrons. The zero-order valence-electron chi connectivity index (χ0n) is 14.0. The highest BCUT2D eigenvalue weighted by molar-refractivity contribution is 6.02. The second-order valence-electron chi connectivity index (χ2n) is 5.21. The van der Waals surface area contributed by atoms with Gasteiger partial charge in [-0.2, -0.15) is 0 Å². The molecule has 7 nitrogen and oxygen atoms in total. The van der Waals surface area contributed by atoms with Gasteiger partial charge in [-0.1, -0.05) is 19.1 Å². The van der Waals surface area contributed by atoms with Crippen LogP contribution in [0.1, 0.15) is 49.4 Å². The summed E-state index contributed by atoms with van der Waals surface area (Å²) in [4.78, 5) is 38.9. The molecule has 0 saturated heterocycles. The molecule has 0 bridgehead atoms. The standard InChI is InChI=1S/C17H18FN3O4/c1-4-12-13(17(24)25-3)9(2)14(19-12)16(23)21-20-15(22)10-7-5-6-8-11(10)18/h5-8,19H,4H2,1-3H3,(H,20,22)(H,21,23). The van der Waals surface area contributed by atoms with Gasteiger partial charge in [-0.3, -0.25) is 20.4 Å². The molecule has 2 rings (SSSR count). The fourth-order valence-electron chi connectivity index (χ4n) is 2.42. The first-order valence-corrected chi connectivity index (χ1v) is 7.55. The summed E-state index contributed by atoms with van der Waals surface area (Å²) in [6.07, 6.45) is 0.486. The number of hydrazine groups is 1. The number of esters is 1. The summed E-state index contributed by atoms with van der Waals surface area (Å²) < 4.78 is 18.3. The Morgan fingerprint density at radius 1 is 1.16 bits per heavy atom. The number of carbonyl (C=O) groups excluding carboxylic acids is 3. The van der Waals surface area contributed by atoms with Gasteiger partial charge in [0, 0.05) is 5.69 Å². The van der Waals surface area contributed by atoms with Crippen molar-refractivity contribution < 1.29 is 23.5 Å². The van der Waals surface area contributed by atoms with Crippen molar-refractivity contribution in [3.63, 3.8) is 0 Å². The van der Waals surface area contributed by atoms with Gasteiger partial charge in [0.1, 0.15) is 11.5 Å². The number of hydrogen-bond donors (Lipinski definition) is 3. The first-order chi connectivity index (χ1) is 11.9. The van der Waals surface area contributed by atoms with Crippen molar-refractivity contribution in [1.29, 1.82) is 0 Å². The van der Waals surface area contributed by atoms with E-state index in [1.807, 2.05) is 6.92 Å². The molecule has 0 saturated carbocycles. The highest BCUT2D eigenvalue weighted by Crippen LogP contribution is 2.20. The minimum atomic E-state index is -0.792. The summed E-state index contributed by atoms with van der Waals surface area (Å²) in [7, 11) is 1.25. The Kier molecular flexibility index (Phi) is 5.53. The van der Waals surface area contributed by atoms with E-state index in [-0.39, 0.29) is 16.8 Å². The number of hydrogen-bond acceptors (Lipinski definition) is 4. The van der Waals surface area contributed by atoms with E-state index >= 15 is 0 Å². The molecule has 2 amide bonds. The Hall–Kier alpha value is -3.16. The first kappa shape index (κ1) is 18.2. The minimum absolute atomic E-state index is 0.117. The van der Waals surface area contributed by atoms with Crippen molar-refractivity contribution >= 4 is 17.8 Å². The van der Waals surface area contributed by atoms with Crippen LogP contribution in [0.4, 0.5) is 4.39 Å². The van der Waals surface area contributed by atoms with Crippen molar-refractivity contribution in [3.8, 4) is 0 Å². The highest BCUT2D eigenvalue weighted by Gasteiger charge is 2.24. The number of aromatic amines is 1. The van der Waals surface area contributed by atoms with E-state index < -0.39 is 23.6 Å². The normalized spacial score (nSPS) is 10.2. The van der Waals surface area contributed by atoms with Crippen molar-refractivity contribution in [1.82, 2.24) is 15.8 Å². The number of H-pyrrole nitrogens is 1. The summed E-state index contributed by atoms with van der Waals surface area (Å²) in [5.74, 6) is -2.71. The summed E-state index contributed by atoms with van der Waals surface area (Å²) in [6.45, 7) is 3.41. The Balaban J connectivity index is 2.16. The predicted molar refractivity (Wildman–Crippen MR) is 87.6 cm³/mol. The van der Waals surface area contributed by atoms with Gasteiger partial charge in [0.2, 0.25) is 0 Å². The fourth-order valence-corrected chi connectivity index (χ4v) is 2.42. The summed E-state index contributed by atoms with van der Waals surface area (Å²) in [5, 5.41) is 0. The number of benzene rings is 1. The quantitative estimate of drug-likeness (QED) is 0.581. The largest absolute Gasteiger partial charge is 0.465 e. The molecule has 2 aromatic rings. The molecular formula is C17H18FN3O4. The number of aromatic nitrogens is 1. The van der Waals surface area contributed by atoms with Crippen LogP contribution in [0.25, 0.3) is 0 Å². The zero-order chi connectivity index (χ0) is 18.6. The number of halogens is 1. The molecular weight excluding hydrogens is 329 g/mol. The Bertz CT molecular complexity index is 829. The maximum atomic E-state index is 13.6. The molecule has 8 heteroatoms. The minimum Gasteiger partial charge on any atom is -0.465 e. The monoisotopic (exact) mass is 347 g/mol. The molecule has 0 atom stereocenters. The maximum Gasteiger partial charge on any atom is 0.339 e. The first-order valence-electron chi connectivity index (χ1n) is 7.55. The third kappa shape index (κ3) is 3.68. The summed E-state index contributed by atoms with van der Waals surface area (Å²) >= 11 is 0. The maximum absolute atomic E-state index is 13.6. The molecule has 25 heavy (non-hydrogen) atoms. The van der Waals surface area contributed by atoms with Gasteiger partial charge in [0.15, 0.2) is 0 Å². The molecule has 0 unspecified atom stereocenters. The summed E-state index contributed by atoms with van der Waals surface area (Å²) in [6, 6.07) is 5.39. The lowest BCUT2D eigenvalue weighted by molar-refractivity contribution is 0.0598. The molecule has 3 N–H and O–H groups in total. The van der Waals surface area contributed by atoms with Crippen molar-refractivity contribution in [2.75, 3.05) is 7.11 Å². The molecule has 0 fully saturated rings. The number of nitrogens with one attached hydrogen (secondary N) is 3. The molecule has 0 aliphatic heterocycles. The molecule has 0 aliphatic rings. The lowest BCUT2D eigenvalue weighted by Gasteiger charge is -2.08. The van der Waals surface area contributed by atoms with E-state index in [0.29, 0.717) is 17.7 Å². The Labute approximate surface area is 143 Å². The van der Waals surface area contributed by atoms with Crippen LogP contribution in [-0.4, -0.2) is 29.9 Å². The average Bonchev–Trinajstić information content (AvgIpc) is 2.95. The molecule has 132 valence electrons. The Morgan fingerprint density at radius 2 is 1.80 bits per heavy atom. The van der Waals surface area contributed by atoms with Crippen molar-refractivity contribution in [2.24, 2.45) is 0 Å². The second-order valence-corrected chi connectivity index (χ2v) is 5.21. The molecule has 0 spiro atoms. The topological polar surface area (TPSA) is 100 Å². The fraction of sp³-hybridized carbons (Fsp3) is 0.235. The van der Waals surface area contributed by atoms with Crippen LogP contribution in [0.2, 0.25) is 0 Å². The van der Waals surface area contributed by atoms with E-state index in [1.165, 1.54) is 25.3 Å². The van der Waals surface area contributed by atoms with Crippen LogP contribution >= 0.6 is 0 Å². The number of methoxy groups -OCH3 is 1. The average molecular weight is 347 g/mol. The number of aryl methyl sites for hydroxylation is 1. The summed E-state index contributed by atoms with van der Waals surface area (Å²) in [5.41, 5.74) is 5.50. The lowest BCUT2D eigenvalue weighted by Crippen LogP contribution is -2.42. The molecule has 1 aromatic heterocycles. The van der Waals surface area contributed by atoms with Gasteiger partial charge in [0.05, 0.1) is 18.2 Å². The smallest absolute Gasteiger partial charge is 0.339 e. The number of rotatable bonds is 4. The number of carbonyl (C=O) groups is 3. The van der Waals surface area contributed by atoms with E-state index in [9.17, 15) is 18.8 Å². The third-order valence-electron chi connectivity index (χ3n) is 3.71.